The molecule has 0 radical (unpaired) electrons. The van der Waals surface area contributed by atoms with Crippen LogP contribution in [0.4, 0.5) is 0 Å². The molecule has 0 saturated heterocycles. The second kappa shape index (κ2) is 7.58. The van der Waals surface area contributed by atoms with Crippen molar-refractivity contribution in [2.45, 2.75) is 20.8 Å². The van der Waals surface area contributed by atoms with Crippen molar-refractivity contribution in [1.29, 1.82) is 0 Å². The van der Waals surface area contributed by atoms with Crippen molar-refractivity contribution in [1.82, 2.24) is 4.98 Å². The number of ether oxygens (including phenoxy) is 2. The topological polar surface area (TPSA) is 68.4 Å². The molecule has 1 N–H and O–H groups in total. The van der Waals surface area contributed by atoms with E-state index >= 15 is 0 Å². The van der Waals surface area contributed by atoms with Gasteiger partial charge in [-0.2, -0.15) is 0 Å². The summed E-state index contributed by atoms with van der Waals surface area (Å²) < 4.78 is 12.4. The van der Waals surface area contributed by atoms with Crippen LogP contribution in [-0.4, -0.2) is 25.0 Å². The number of carbonyl (C=O) groups excluding carboxylic acids is 1. The van der Waals surface area contributed by atoms with Crippen LogP contribution in [0.1, 0.15) is 26.3 Å². The summed E-state index contributed by atoms with van der Waals surface area (Å²) in [7, 11) is 3.12. The van der Waals surface area contributed by atoms with Crippen molar-refractivity contribution in [3.8, 4) is 11.5 Å². The summed E-state index contributed by atoms with van der Waals surface area (Å²) in [5.74, 6) is 1.12. The maximum Gasteiger partial charge on any atom is 0.266 e. The Kier molecular flexibility index (Phi) is 5.90. The monoisotopic (exact) mass is 425 g/mol. The van der Waals surface area contributed by atoms with Crippen molar-refractivity contribution < 1.29 is 14.3 Å². The number of H-pyrrole nitrogens is 1. The number of carbonyl (C=O) groups is 1. The van der Waals surface area contributed by atoms with Crippen molar-refractivity contribution >= 4 is 45.2 Å². The zero-order valence-electron chi connectivity index (χ0n) is 14.7. The average molecular weight is 426 g/mol. The first-order chi connectivity index (χ1) is 11.7. The minimum atomic E-state index is -0.489. The van der Waals surface area contributed by atoms with Gasteiger partial charge in [0.2, 0.25) is 0 Å². The fourth-order valence-electron chi connectivity index (χ4n) is 1.98. The zero-order valence-corrected chi connectivity index (χ0v) is 17.1. The first-order valence-electron chi connectivity index (χ1n) is 7.54. The molecule has 1 heterocycles. The van der Waals surface area contributed by atoms with Crippen molar-refractivity contribution in [3.63, 3.8) is 0 Å². The number of halogens is 1. The van der Waals surface area contributed by atoms with Crippen molar-refractivity contribution in [3.05, 3.63) is 41.7 Å². The lowest BCUT2D eigenvalue weighted by Crippen LogP contribution is -2.22. The van der Waals surface area contributed by atoms with Crippen LogP contribution in [0.3, 0.4) is 0 Å². The first kappa shape index (κ1) is 19.5. The maximum absolute atomic E-state index is 12.2. The predicted molar refractivity (Wildman–Crippen MR) is 104 cm³/mol. The minimum absolute atomic E-state index is 0.0381. The third-order valence-corrected chi connectivity index (χ3v) is 5.12. The molecule has 0 bridgehead atoms. The van der Waals surface area contributed by atoms with Crippen LogP contribution < -0.4 is 24.2 Å². The molecule has 0 aliphatic carbocycles. The number of hydrogen-bond acceptors (Lipinski definition) is 5. The molecule has 1 aromatic heterocycles. The summed E-state index contributed by atoms with van der Waals surface area (Å²) in [5, 5.41) is 0. The van der Waals surface area contributed by atoms with Crippen LogP contribution in [0, 0.1) is 5.41 Å². The van der Waals surface area contributed by atoms with Crippen LogP contribution in [0.15, 0.2) is 21.4 Å². The van der Waals surface area contributed by atoms with Crippen LogP contribution in [0.25, 0.3) is 12.2 Å². The van der Waals surface area contributed by atoms with Crippen LogP contribution >= 0.6 is 27.3 Å². The number of aromatic amines is 1. The Morgan fingerprint density at radius 2 is 1.80 bits per heavy atom. The third-order valence-electron chi connectivity index (χ3n) is 3.47. The van der Waals surface area contributed by atoms with Gasteiger partial charge < -0.3 is 14.5 Å². The molecule has 5 nitrogen and oxygen atoms in total. The Morgan fingerprint density at radius 3 is 2.36 bits per heavy atom. The van der Waals surface area contributed by atoms with Gasteiger partial charge >= 0.3 is 0 Å². The molecule has 0 fully saturated rings. The molecule has 134 valence electrons. The molecule has 7 heteroatoms. The van der Waals surface area contributed by atoms with Gasteiger partial charge in [-0.3, -0.25) is 9.59 Å². The number of rotatable bonds is 4. The summed E-state index contributed by atoms with van der Waals surface area (Å²) >= 11 is 4.71. The number of methoxy groups -OCH3 is 2. The predicted octanol–water partition coefficient (Wildman–Crippen LogP) is 2.44. The highest BCUT2D eigenvalue weighted by molar-refractivity contribution is 9.10. The van der Waals surface area contributed by atoms with Crippen molar-refractivity contribution in [2.75, 3.05) is 14.2 Å². The molecule has 2 aromatic rings. The smallest absolute Gasteiger partial charge is 0.266 e. The molecule has 2 rings (SSSR count). The molecule has 1 aromatic carbocycles. The van der Waals surface area contributed by atoms with Crippen LogP contribution in [0.5, 0.6) is 11.5 Å². The van der Waals surface area contributed by atoms with E-state index < -0.39 is 5.41 Å². The van der Waals surface area contributed by atoms with E-state index in [-0.39, 0.29) is 11.3 Å². The summed E-state index contributed by atoms with van der Waals surface area (Å²) in [6.07, 6.45) is 3.22. The van der Waals surface area contributed by atoms with E-state index in [1.54, 1.807) is 32.4 Å². The number of benzene rings is 1. The molecular formula is C18H20BrNO4S. The van der Waals surface area contributed by atoms with E-state index in [0.717, 1.165) is 10.0 Å². The Balaban J connectivity index is 2.56. The van der Waals surface area contributed by atoms with Crippen molar-refractivity contribution in [2.24, 2.45) is 5.41 Å². The Hall–Kier alpha value is -1.86. The number of Topliss-reactive ketones (excluding diaryl/α,β-unsaturated/α-hetero) is 1. The highest BCUT2D eigenvalue weighted by Crippen LogP contribution is 2.33. The largest absolute Gasteiger partial charge is 0.493 e. The molecular weight excluding hydrogens is 406 g/mol. The molecule has 0 spiro atoms. The Bertz CT molecular complexity index is 966. The maximum atomic E-state index is 12.2. The van der Waals surface area contributed by atoms with Gasteiger partial charge in [-0.05, 0) is 23.8 Å². The van der Waals surface area contributed by atoms with Gasteiger partial charge in [0, 0.05) is 16.0 Å². The van der Waals surface area contributed by atoms with Gasteiger partial charge in [-0.15, -0.1) is 11.3 Å². The molecule has 0 unspecified atom stereocenters. The summed E-state index contributed by atoms with van der Waals surface area (Å²) in [6.45, 7) is 5.52. The van der Waals surface area contributed by atoms with Gasteiger partial charge in [0.05, 0.1) is 23.4 Å². The van der Waals surface area contributed by atoms with E-state index in [9.17, 15) is 9.59 Å². The number of aromatic nitrogens is 1. The van der Waals surface area contributed by atoms with Crippen LogP contribution in [-0.2, 0) is 4.79 Å². The molecule has 0 aliphatic rings. The number of thiazole rings is 1. The van der Waals surface area contributed by atoms with Gasteiger partial charge in [0.1, 0.15) is 0 Å². The Morgan fingerprint density at radius 1 is 1.20 bits per heavy atom. The third kappa shape index (κ3) is 4.61. The number of ketones is 1. The first-order valence-corrected chi connectivity index (χ1v) is 9.15. The highest BCUT2D eigenvalue weighted by atomic mass is 79.9. The molecule has 0 atom stereocenters. The summed E-state index contributed by atoms with van der Waals surface area (Å²) in [5.41, 5.74) is 0.0512. The fraction of sp³-hybridized carbons (Fsp3) is 0.333. The molecule has 0 saturated carbocycles. The normalized spacial score (nSPS) is 13.2. The van der Waals surface area contributed by atoms with E-state index in [2.05, 4.69) is 20.9 Å². The summed E-state index contributed by atoms with van der Waals surface area (Å²) in [4.78, 5) is 27.0. The van der Waals surface area contributed by atoms with Crippen LogP contribution in [0.2, 0.25) is 0 Å². The second-order valence-electron chi connectivity index (χ2n) is 6.42. The van der Waals surface area contributed by atoms with E-state index in [1.807, 2.05) is 20.8 Å². The van der Waals surface area contributed by atoms with E-state index in [0.29, 0.717) is 20.7 Å². The Labute approximate surface area is 158 Å². The van der Waals surface area contributed by atoms with E-state index in [1.165, 1.54) is 17.4 Å². The number of nitrogens with one attached hydrogen (secondary N) is 1. The SMILES string of the molecule is COc1cc(Br)c(/C=c2/s/c(=C/C(=O)C(C)(C)C)[nH]c2=O)cc1OC. The quantitative estimate of drug-likeness (QED) is 0.816. The van der Waals surface area contributed by atoms with Gasteiger partial charge in [-0.25, -0.2) is 0 Å². The molecule has 0 amide bonds. The highest BCUT2D eigenvalue weighted by Gasteiger charge is 2.18. The lowest BCUT2D eigenvalue weighted by molar-refractivity contribution is -0.119. The second-order valence-corrected chi connectivity index (χ2v) is 8.35. The van der Waals surface area contributed by atoms with Gasteiger partial charge in [0.25, 0.3) is 5.56 Å². The zero-order chi connectivity index (χ0) is 18.8. The number of hydrogen-bond donors (Lipinski definition) is 1. The van der Waals surface area contributed by atoms with E-state index in [4.69, 9.17) is 9.47 Å². The minimum Gasteiger partial charge on any atom is -0.493 e. The summed E-state index contributed by atoms with van der Waals surface area (Å²) in [6, 6.07) is 3.56. The van der Waals surface area contributed by atoms with Gasteiger partial charge in [-0.1, -0.05) is 36.7 Å². The lowest BCUT2D eigenvalue weighted by Gasteiger charge is -2.12. The molecule has 0 aliphatic heterocycles. The fourth-order valence-corrected chi connectivity index (χ4v) is 3.29. The molecule has 25 heavy (non-hydrogen) atoms. The van der Waals surface area contributed by atoms with Gasteiger partial charge in [0.15, 0.2) is 17.3 Å². The lowest BCUT2D eigenvalue weighted by atomic mass is 9.91. The standard InChI is InChI=1S/C18H20BrNO4S/c1-18(2,3)15(21)9-16-20-17(22)14(25-16)7-10-6-12(23-4)13(24-5)8-11(10)19/h6-9H,1-5H3,(H,20,22)/b14-7+,16-9+. The average Bonchev–Trinajstić information content (AvgIpc) is 2.87.